The summed E-state index contributed by atoms with van der Waals surface area (Å²) in [6.07, 6.45) is 4.28. The molecule has 0 atom stereocenters. The number of amides is 2. The molecule has 5 nitrogen and oxygen atoms in total. The lowest BCUT2D eigenvalue weighted by molar-refractivity contribution is -0.139. The van der Waals surface area contributed by atoms with Gasteiger partial charge < -0.3 is 15.1 Å². The summed E-state index contributed by atoms with van der Waals surface area (Å²) in [4.78, 5) is 29.5. The average Bonchev–Trinajstić information content (AvgIpc) is 2.69. The third-order valence-corrected chi connectivity index (χ3v) is 5.89. The fraction of sp³-hybridized carbons (Fsp3) is 0.619. The third-order valence-electron chi connectivity index (χ3n) is 5.89. The number of hydrogen-bond donors (Lipinski definition) is 1. The standard InChI is InChI=1S/C21H31N3O2/c1-3-16-4-10-19(11-5-16)22-20(25)17-6-8-18(9-7-17)21(26)24-14-12-23(2)13-15-24/h4-5,10-11,17-18H,3,6-9,12-15H2,1-2H3,(H,22,25). The zero-order valence-corrected chi connectivity index (χ0v) is 16.0. The van der Waals surface area contributed by atoms with Gasteiger partial charge in [0.05, 0.1) is 0 Å². The van der Waals surface area contributed by atoms with E-state index in [9.17, 15) is 9.59 Å². The van der Waals surface area contributed by atoms with Crippen LogP contribution in [0.5, 0.6) is 0 Å². The number of nitrogens with zero attached hydrogens (tertiary/aromatic N) is 2. The molecule has 0 aromatic heterocycles. The van der Waals surface area contributed by atoms with Crippen LogP contribution in [0.25, 0.3) is 0 Å². The minimum atomic E-state index is 0.0254. The van der Waals surface area contributed by atoms with Crippen molar-refractivity contribution in [1.82, 2.24) is 9.80 Å². The molecule has 1 saturated carbocycles. The quantitative estimate of drug-likeness (QED) is 0.901. The molecule has 26 heavy (non-hydrogen) atoms. The second kappa shape index (κ2) is 8.67. The highest BCUT2D eigenvalue weighted by molar-refractivity contribution is 5.92. The van der Waals surface area contributed by atoms with Gasteiger partial charge in [0, 0.05) is 43.7 Å². The van der Waals surface area contributed by atoms with Gasteiger partial charge in [-0.15, -0.1) is 0 Å². The van der Waals surface area contributed by atoms with Gasteiger partial charge in [0.1, 0.15) is 0 Å². The van der Waals surface area contributed by atoms with Crippen molar-refractivity contribution in [2.75, 3.05) is 38.5 Å². The summed E-state index contributed by atoms with van der Waals surface area (Å²) in [5.74, 6) is 0.524. The first-order valence-corrected chi connectivity index (χ1v) is 9.94. The molecule has 1 saturated heterocycles. The third kappa shape index (κ3) is 4.64. The van der Waals surface area contributed by atoms with Gasteiger partial charge in [0.2, 0.25) is 11.8 Å². The Morgan fingerprint density at radius 1 is 0.962 bits per heavy atom. The van der Waals surface area contributed by atoms with E-state index >= 15 is 0 Å². The number of nitrogens with one attached hydrogen (secondary N) is 1. The largest absolute Gasteiger partial charge is 0.340 e. The molecular weight excluding hydrogens is 326 g/mol. The van der Waals surface area contributed by atoms with Crippen molar-refractivity contribution in [2.45, 2.75) is 39.0 Å². The van der Waals surface area contributed by atoms with Gasteiger partial charge in [-0.1, -0.05) is 19.1 Å². The summed E-state index contributed by atoms with van der Waals surface area (Å²) in [5, 5.41) is 3.04. The van der Waals surface area contributed by atoms with Gasteiger partial charge in [-0.25, -0.2) is 0 Å². The Balaban J connectivity index is 1.46. The monoisotopic (exact) mass is 357 g/mol. The highest BCUT2D eigenvalue weighted by atomic mass is 16.2. The van der Waals surface area contributed by atoms with E-state index in [2.05, 4.69) is 36.3 Å². The molecule has 1 aromatic rings. The van der Waals surface area contributed by atoms with Gasteiger partial charge in [0.15, 0.2) is 0 Å². The number of carbonyl (C=O) groups is 2. The Morgan fingerprint density at radius 2 is 1.54 bits per heavy atom. The van der Waals surface area contributed by atoms with Crippen molar-refractivity contribution in [3.63, 3.8) is 0 Å². The van der Waals surface area contributed by atoms with Crippen molar-refractivity contribution in [2.24, 2.45) is 11.8 Å². The van der Waals surface area contributed by atoms with Crippen LogP contribution >= 0.6 is 0 Å². The summed E-state index contributed by atoms with van der Waals surface area (Å²) in [6.45, 7) is 5.71. The lowest BCUT2D eigenvalue weighted by atomic mass is 9.80. The van der Waals surface area contributed by atoms with Crippen LogP contribution in [0.2, 0.25) is 0 Å². The van der Waals surface area contributed by atoms with Crippen molar-refractivity contribution in [3.05, 3.63) is 29.8 Å². The predicted octanol–water partition coefficient (Wildman–Crippen LogP) is 2.77. The van der Waals surface area contributed by atoms with Crippen LogP contribution in [0.4, 0.5) is 5.69 Å². The Bertz CT molecular complexity index is 613. The van der Waals surface area contributed by atoms with Crippen LogP contribution in [-0.4, -0.2) is 54.8 Å². The molecule has 5 heteroatoms. The van der Waals surface area contributed by atoms with E-state index in [-0.39, 0.29) is 17.7 Å². The number of carbonyl (C=O) groups excluding carboxylic acids is 2. The number of benzene rings is 1. The molecule has 2 aliphatic rings. The topological polar surface area (TPSA) is 52.7 Å². The number of piperazine rings is 1. The van der Waals surface area contributed by atoms with Crippen LogP contribution in [0, 0.1) is 11.8 Å². The van der Waals surface area contributed by atoms with Crippen LogP contribution in [0.1, 0.15) is 38.2 Å². The highest BCUT2D eigenvalue weighted by Gasteiger charge is 2.32. The smallest absolute Gasteiger partial charge is 0.227 e. The number of likely N-dealkylation sites (N-methyl/N-ethyl adjacent to an activating group) is 1. The average molecular weight is 357 g/mol. The lowest BCUT2D eigenvalue weighted by Crippen LogP contribution is -2.49. The molecule has 0 radical (unpaired) electrons. The fourth-order valence-corrected chi connectivity index (χ4v) is 3.96. The summed E-state index contributed by atoms with van der Waals surface area (Å²) in [6, 6.07) is 8.06. The van der Waals surface area contributed by atoms with Gasteiger partial charge >= 0.3 is 0 Å². The SMILES string of the molecule is CCc1ccc(NC(=O)C2CCC(C(=O)N3CCN(C)CC3)CC2)cc1. The highest BCUT2D eigenvalue weighted by Crippen LogP contribution is 2.31. The van der Waals surface area contributed by atoms with Crippen molar-refractivity contribution >= 4 is 17.5 Å². The molecule has 1 heterocycles. The first-order valence-electron chi connectivity index (χ1n) is 9.94. The molecule has 1 N–H and O–H groups in total. The van der Waals surface area contributed by atoms with E-state index in [1.54, 1.807) is 0 Å². The summed E-state index contributed by atoms with van der Waals surface area (Å²) in [7, 11) is 2.10. The molecule has 3 rings (SSSR count). The molecule has 142 valence electrons. The summed E-state index contributed by atoms with van der Waals surface area (Å²) >= 11 is 0. The summed E-state index contributed by atoms with van der Waals surface area (Å²) < 4.78 is 0. The molecule has 2 fully saturated rings. The van der Waals surface area contributed by atoms with Crippen molar-refractivity contribution in [1.29, 1.82) is 0 Å². The van der Waals surface area contributed by atoms with Crippen molar-refractivity contribution in [3.8, 4) is 0 Å². The number of anilines is 1. The minimum absolute atomic E-state index is 0.0254. The molecule has 0 unspecified atom stereocenters. The van der Waals surface area contributed by atoms with Gasteiger partial charge in [-0.3, -0.25) is 9.59 Å². The number of rotatable bonds is 4. The van der Waals surface area contributed by atoms with Gasteiger partial charge in [0.25, 0.3) is 0 Å². The van der Waals surface area contributed by atoms with E-state index in [0.717, 1.165) is 64.0 Å². The second-order valence-electron chi connectivity index (χ2n) is 7.72. The van der Waals surface area contributed by atoms with Gasteiger partial charge in [-0.2, -0.15) is 0 Å². The van der Waals surface area contributed by atoms with E-state index in [1.807, 2.05) is 17.0 Å². The second-order valence-corrected chi connectivity index (χ2v) is 7.72. The van der Waals surface area contributed by atoms with Crippen LogP contribution in [0.3, 0.4) is 0 Å². The Hall–Kier alpha value is -1.88. The Kier molecular flexibility index (Phi) is 6.30. The van der Waals surface area contributed by atoms with Gasteiger partial charge in [-0.05, 0) is 56.8 Å². The normalized spacial score (nSPS) is 24.3. The van der Waals surface area contributed by atoms with E-state index in [1.165, 1.54) is 5.56 Å². The minimum Gasteiger partial charge on any atom is -0.340 e. The molecule has 0 spiro atoms. The summed E-state index contributed by atoms with van der Waals surface area (Å²) in [5.41, 5.74) is 2.13. The molecule has 1 aliphatic carbocycles. The van der Waals surface area contributed by atoms with E-state index in [4.69, 9.17) is 0 Å². The van der Waals surface area contributed by atoms with Crippen LogP contribution in [-0.2, 0) is 16.0 Å². The molecule has 0 bridgehead atoms. The Labute approximate surface area is 156 Å². The van der Waals surface area contributed by atoms with Crippen molar-refractivity contribution < 1.29 is 9.59 Å². The lowest BCUT2D eigenvalue weighted by Gasteiger charge is -2.36. The predicted molar refractivity (Wildman–Crippen MR) is 104 cm³/mol. The zero-order valence-electron chi connectivity index (χ0n) is 16.0. The van der Waals surface area contributed by atoms with E-state index < -0.39 is 0 Å². The maximum atomic E-state index is 12.7. The molecule has 1 aliphatic heterocycles. The maximum absolute atomic E-state index is 12.7. The first kappa shape index (κ1) is 18.9. The maximum Gasteiger partial charge on any atom is 0.227 e. The molecule has 1 aromatic carbocycles. The van der Waals surface area contributed by atoms with E-state index in [0.29, 0.717) is 5.91 Å². The molecule has 2 amide bonds. The first-order chi connectivity index (χ1) is 12.6. The number of hydrogen-bond acceptors (Lipinski definition) is 3. The van der Waals surface area contributed by atoms with Crippen LogP contribution in [0.15, 0.2) is 24.3 Å². The van der Waals surface area contributed by atoms with Crippen LogP contribution < -0.4 is 5.32 Å². The zero-order chi connectivity index (χ0) is 18.5. The molecular formula is C21H31N3O2. The number of aryl methyl sites for hydroxylation is 1. The fourth-order valence-electron chi connectivity index (χ4n) is 3.96. The Morgan fingerprint density at radius 3 is 2.12 bits per heavy atom.